The molecular weight excluding hydrogens is 350 g/mol. The van der Waals surface area contributed by atoms with Gasteiger partial charge in [-0.25, -0.2) is 4.79 Å². The van der Waals surface area contributed by atoms with E-state index in [2.05, 4.69) is 0 Å². The smallest absolute Gasteiger partial charge is 0.348 e. The van der Waals surface area contributed by atoms with E-state index < -0.39 is 15.8 Å². The Balaban J connectivity index is 1.80. The van der Waals surface area contributed by atoms with Gasteiger partial charge < -0.3 is 9.15 Å². The van der Waals surface area contributed by atoms with Crippen molar-refractivity contribution < 1.29 is 18.9 Å². The predicted molar refractivity (Wildman–Crippen MR) is 90.1 cm³/mol. The lowest BCUT2D eigenvalue weighted by Crippen LogP contribution is -2.09. The molecule has 2 aromatic carbocycles. The second-order valence-electron chi connectivity index (χ2n) is 5.13. The van der Waals surface area contributed by atoms with Crippen LogP contribution in [0.3, 0.4) is 0 Å². The summed E-state index contributed by atoms with van der Waals surface area (Å²) in [6, 6.07) is 12.1. The summed E-state index contributed by atoms with van der Waals surface area (Å²) in [5.74, 6) is 0.443. The number of fused-ring (bicyclic) bond motifs is 1. The highest BCUT2D eigenvalue weighted by Crippen LogP contribution is 2.22. The second-order valence-corrected chi connectivity index (χ2v) is 5.48. The molecule has 0 unspecified atom stereocenters. The van der Waals surface area contributed by atoms with E-state index in [-0.39, 0.29) is 23.4 Å². The number of benzene rings is 2. The van der Waals surface area contributed by atoms with Gasteiger partial charge in [0.05, 0.1) is 4.92 Å². The zero-order chi connectivity index (χ0) is 18.0. The Morgan fingerprint density at radius 3 is 2.52 bits per heavy atom. The maximum atomic E-state index is 11.7. The molecule has 0 spiro atoms. The monoisotopic (exact) mass is 359 g/mol. The fourth-order valence-corrected chi connectivity index (χ4v) is 2.33. The first-order chi connectivity index (χ1) is 11.9. The molecule has 0 amide bonds. The minimum Gasteiger partial charge on any atom is -0.489 e. The van der Waals surface area contributed by atoms with Crippen molar-refractivity contribution in [2.75, 3.05) is 0 Å². The normalized spacial score (nSPS) is 10.6. The number of hydrogen-bond acceptors (Lipinski definition) is 6. The van der Waals surface area contributed by atoms with E-state index in [1.807, 2.05) is 0 Å². The Morgan fingerprint density at radius 2 is 1.88 bits per heavy atom. The second kappa shape index (κ2) is 6.74. The molecular formula is C17H10ClNO6. The van der Waals surface area contributed by atoms with E-state index in [1.54, 1.807) is 24.3 Å². The van der Waals surface area contributed by atoms with E-state index in [0.717, 1.165) is 5.56 Å². The van der Waals surface area contributed by atoms with Crippen LogP contribution in [0.2, 0.25) is 0 Å². The van der Waals surface area contributed by atoms with Crippen LogP contribution in [-0.2, 0) is 6.61 Å². The maximum Gasteiger partial charge on any atom is 0.348 e. The molecule has 0 N–H and O–H groups in total. The minimum atomic E-state index is -0.880. The summed E-state index contributed by atoms with van der Waals surface area (Å²) in [6.45, 7) is 0.186. The number of ether oxygens (including phenoxy) is 1. The first-order valence-electron chi connectivity index (χ1n) is 7.08. The largest absolute Gasteiger partial charge is 0.489 e. The van der Waals surface area contributed by atoms with Gasteiger partial charge in [-0.1, -0.05) is 0 Å². The molecule has 126 valence electrons. The van der Waals surface area contributed by atoms with Crippen LogP contribution in [0.25, 0.3) is 11.0 Å². The van der Waals surface area contributed by atoms with Crippen molar-refractivity contribution in [3.8, 4) is 5.75 Å². The Hall–Kier alpha value is -3.19. The molecule has 1 heterocycles. The topological polar surface area (TPSA) is 99.7 Å². The quantitative estimate of drug-likeness (QED) is 0.298. The zero-order valence-electron chi connectivity index (χ0n) is 12.6. The molecule has 0 atom stereocenters. The predicted octanol–water partition coefficient (Wildman–Crippen LogP) is 3.66. The van der Waals surface area contributed by atoms with Gasteiger partial charge in [0.2, 0.25) is 0 Å². The third-order valence-corrected chi connectivity index (χ3v) is 3.68. The highest BCUT2D eigenvalue weighted by atomic mass is 35.5. The molecule has 8 heteroatoms. The van der Waals surface area contributed by atoms with Crippen molar-refractivity contribution in [3.63, 3.8) is 0 Å². The molecule has 0 bridgehead atoms. The summed E-state index contributed by atoms with van der Waals surface area (Å²) >= 11 is 5.32. The number of halogens is 1. The summed E-state index contributed by atoms with van der Waals surface area (Å²) in [5.41, 5.74) is -0.0438. The number of nitrogens with zero attached hydrogens (tertiary/aromatic N) is 1. The van der Waals surface area contributed by atoms with Gasteiger partial charge >= 0.3 is 5.63 Å². The number of hydrogen-bond donors (Lipinski definition) is 0. The van der Waals surface area contributed by atoms with Crippen LogP contribution in [0.4, 0.5) is 5.69 Å². The van der Waals surface area contributed by atoms with Crippen molar-refractivity contribution in [2.45, 2.75) is 6.61 Å². The van der Waals surface area contributed by atoms with E-state index in [9.17, 15) is 19.7 Å². The van der Waals surface area contributed by atoms with Crippen LogP contribution < -0.4 is 10.4 Å². The van der Waals surface area contributed by atoms with Crippen LogP contribution in [0.1, 0.15) is 15.9 Å². The summed E-state index contributed by atoms with van der Waals surface area (Å²) < 4.78 is 10.7. The van der Waals surface area contributed by atoms with Gasteiger partial charge in [0.15, 0.2) is 0 Å². The van der Waals surface area contributed by atoms with Crippen LogP contribution in [0, 0.1) is 10.1 Å². The zero-order valence-corrected chi connectivity index (χ0v) is 13.4. The molecule has 25 heavy (non-hydrogen) atoms. The van der Waals surface area contributed by atoms with Gasteiger partial charge in [-0.2, -0.15) is 0 Å². The lowest BCUT2D eigenvalue weighted by molar-refractivity contribution is -0.384. The molecule has 0 aliphatic carbocycles. The lowest BCUT2D eigenvalue weighted by Gasteiger charge is -2.07. The number of nitro benzene ring substituents is 1. The first kappa shape index (κ1) is 16.7. The molecule has 0 fully saturated rings. The van der Waals surface area contributed by atoms with Crippen molar-refractivity contribution in [3.05, 3.63) is 80.2 Å². The van der Waals surface area contributed by atoms with Gasteiger partial charge in [0.1, 0.15) is 23.5 Å². The minimum absolute atomic E-state index is 0.000809. The summed E-state index contributed by atoms with van der Waals surface area (Å²) in [7, 11) is 0. The molecule has 7 nitrogen and oxygen atoms in total. The Bertz CT molecular complexity index is 1030. The maximum absolute atomic E-state index is 11.7. The fraction of sp³-hybridized carbons (Fsp3) is 0.0588. The highest BCUT2D eigenvalue weighted by Gasteiger charge is 2.12. The SMILES string of the molecule is O=C(Cl)c1cc2ccc(OCc3ccc([N+](=O)[O-])cc3)cc2oc1=O. The molecule has 0 aliphatic heterocycles. The standard InChI is InChI=1S/C17H10ClNO6/c18-16(20)14-7-11-3-6-13(8-15(11)25-17(14)21)24-9-10-1-4-12(5-2-10)19(22)23/h1-8H,9H2. The van der Waals surface area contributed by atoms with Gasteiger partial charge in [0, 0.05) is 23.6 Å². The molecule has 3 aromatic rings. The van der Waals surface area contributed by atoms with E-state index in [4.69, 9.17) is 20.8 Å². The number of nitro groups is 1. The lowest BCUT2D eigenvalue weighted by atomic mass is 10.2. The van der Waals surface area contributed by atoms with Gasteiger partial charge in [-0.05, 0) is 47.5 Å². The van der Waals surface area contributed by atoms with E-state index in [0.29, 0.717) is 11.1 Å². The van der Waals surface area contributed by atoms with Crippen molar-refractivity contribution >= 4 is 33.5 Å². The summed E-state index contributed by atoms with van der Waals surface area (Å²) in [4.78, 5) is 33.0. The van der Waals surface area contributed by atoms with Crippen LogP contribution in [-0.4, -0.2) is 10.2 Å². The van der Waals surface area contributed by atoms with Crippen LogP contribution >= 0.6 is 11.6 Å². The average molecular weight is 360 g/mol. The van der Waals surface area contributed by atoms with Crippen LogP contribution in [0.5, 0.6) is 5.75 Å². The number of rotatable bonds is 5. The summed E-state index contributed by atoms with van der Waals surface area (Å²) in [6.07, 6.45) is 0. The Labute approximate surface area is 145 Å². The number of carbonyl (C=O) groups excluding carboxylic acids is 1. The van der Waals surface area contributed by atoms with Crippen molar-refractivity contribution in [1.82, 2.24) is 0 Å². The Morgan fingerprint density at radius 1 is 1.16 bits per heavy atom. The van der Waals surface area contributed by atoms with E-state index >= 15 is 0 Å². The van der Waals surface area contributed by atoms with Crippen molar-refractivity contribution in [1.29, 1.82) is 0 Å². The molecule has 1 aromatic heterocycles. The molecule has 3 rings (SSSR count). The van der Waals surface area contributed by atoms with Gasteiger partial charge in [-0.15, -0.1) is 0 Å². The number of non-ortho nitro benzene ring substituents is 1. The van der Waals surface area contributed by atoms with Gasteiger partial charge in [-0.3, -0.25) is 14.9 Å². The van der Waals surface area contributed by atoms with Crippen molar-refractivity contribution in [2.24, 2.45) is 0 Å². The van der Waals surface area contributed by atoms with Gasteiger partial charge in [0.25, 0.3) is 10.9 Å². The molecule has 0 saturated heterocycles. The van der Waals surface area contributed by atoms with Crippen LogP contribution in [0.15, 0.2) is 57.7 Å². The third kappa shape index (κ3) is 3.67. The average Bonchev–Trinajstić information content (AvgIpc) is 2.59. The Kier molecular flexibility index (Phi) is 4.49. The third-order valence-electron chi connectivity index (χ3n) is 3.47. The highest BCUT2D eigenvalue weighted by molar-refractivity contribution is 6.67. The molecule has 0 saturated carbocycles. The fourth-order valence-electron chi connectivity index (χ4n) is 2.20. The van der Waals surface area contributed by atoms with E-state index in [1.165, 1.54) is 24.3 Å². The molecule has 0 radical (unpaired) electrons. The number of carbonyl (C=O) groups is 1. The molecule has 0 aliphatic rings. The first-order valence-corrected chi connectivity index (χ1v) is 7.46. The summed E-state index contributed by atoms with van der Waals surface area (Å²) in [5, 5.41) is 10.3.